The van der Waals surface area contributed by atoms with Gasteiger partial charge in [-0.05, 0) is 43.3 Å². The molecular formula is C21H15BrN4O3S. The van der Waals surface area contributed by atoms with E-state index in [1.54, 1.807) is 16.8 Å². The molecular weight excluding hydrogens is 468 g/mol. The molecule has 5 rings (SSSR count). The Hall–Kier alpha value is -3.17. The predicted molar refractivity (Wildman–Crippen MR) is 118 cm³/mol. The number of rotatable bonds is 4. The van der Waals surface area contributed by atoms with Crippen molar-refractivity contribution in [1.29, 1.82) is 0 Å². The Balaban J connectivity index is 1.44. The average molecular weight is 483 g/mol. The molecule has 0 radical (unpaired) electrons. The van der Waals surface area contributed by atoms with Crippen molar-refractivity contribution in [1.82, 2.24) is 14.8 Å². The van der Waals surface area contributed by atoms with Gasteiger partial charge in [0.15, 0.2) is 11.5 Å². The summed E-state index contributed by atoms with van der Waals surface area (Å²) in [4.78, 5) is 17.4. The largest absolute Gasteiger partial charge is 0.454 e. The number of nitrogens with one attached hydrogen (secondary N) is 1. The van der Waals surface area contributed by atoms with Crippen LogP contribution in [0.25, 0.3) is 16.4 Å². The summed E-state index contributed by atoms with van der Waals surface area (Å²) in [5, 5.41) is 10.0. The van der Waals surface area contributed by atoms with E-state index >= 15 is 0 Å². The number of fused-ring (bicyclic) bond motifs is 1. The number of aromatic nitrogens is 3. The van der Waals surface area contributed by atoms with E-state index in [1.165, 1.54) is 11.3 Å². The van der Waals surface area contributed by atoms with Gasteiger partial charge < -0.3 is 14.8 Å². The van der Waals surface area contributed by atoms with E-state index in [0.29, 0.717) is 22.3 Å². The van der Waals surface area contributed by atoms with Gasteiger partial charge in [0, 0.05) is 27.0 Å². The fourth-order valence-corrected chi connectivity index (χ4v) is 4.30. The standard InChI is InChI=1S/C21H15BrN4O3S/c1-12-7-19(24-20(27)14-3-2-4-15(22)8-14)26(25-12)21-23-16(10-30-21)13-5-6-17-18(9-13)29-11-28-17/h2-10H,11H2,1H3,(H,24,27). The molecule has 1 aliphatic rings. The van der Waals surface area contributed by atoms with Crippen LogP contribution < -0.4 is 14.8 Å². The Bertz CT molecular complexity index is 1270. The molecule has 3 heterocycles. The van der Waals surface area contributed by atoms with E-state index in [1.807, 2.05) is 48.7 Å². The van der Waals surface area contributed by atoms with Gasteiger partial charge in [-0.25, -0.2) is 4.98 Å². The van der Waals surface area contributed by atoms with Gasteiger partial charge in [-0.3, -0.25) is 4.79 Å². The molecule has 0 fully saturated rings. The monoisotopic (exact) mass is 482 g/mol. The number of carbonyl (C=O) groups is 1. The van der Waals surface area contributed by atoms with Crippen molar-refractivity contribution in [2.45, 2.75) is 6.92 Å². The van der Waals surface area contributed by atoms with Gasteiger partial charge in [0.05, 0.1) is 11.4 Å². The van der Waals surface area contributed by atoms with E-state index in [4.69, 9.17) is 14.5 Å². The van der Waals surface area contributed by atoms with Crippen molar-refractivity contribution in [2.24, 2.45) is 0 Å². The minimum absolute atomic E-state index is 0.218. The number of hydrogen-bond donors (Lipinski definition) is 1. The highest BCUT2D eigenvalue weighted by molar-refractivity contribution is 9.10. The van der Waals surface area contributed by atoms with Crippen LogP contribution in [0, 0.1) is 6.92 Å². The van der Waals surface area contributed by atoms with Crippen LogP contribution in [0.5, 0.6) is 11.5 Å². The second-order valence-corrected chi connectivity index (χ2v) is 8.38. The Kier molecular flexibility index (Phi) is 4.76. The molecule has 0 bridgehead atoms. The van der Waals surface area contributed by atoms with Crippen LogP contribution in [0.1, 0.15) is 16.1 Å². The highest BCUT2D eigenvalue weighted by Crippen LogP contribution is 2.36. The first-order valence-corrected chi connectivity index (χ1v) is 10.7. The average Bonchev–Trinajstić information content (AvgIpc) is 3.46. The third-order valence-corrected chi connectivity index (χ3v) is 5.81. The highest BCUT2D eigenvalue weighted by atomic mass is 79.9. The van der Waals surface area contributed by atoms with Crippen LogP contribution in [-0.2, 0) is 0 Å². The van der Waals surface area contributed by atoms with Gasteiger partial charge in [-0.15, -0.1) is 11.3 Å². The summed E-state index contributed by atoms with van der Waals surface area (Å²) in [6.07, 6.45) is 0. The Morgan fingerprint density at radius 3 is 2.90 bits per heavy atom. The van der Waals surface area contributed by atoms with Crippen molar-refractivity contribution in [3.05, 3.63) is 69.6 Å². The number of nitrogens with zero attached hydrogens (tertiary/aromatic N) is 3. The predicted octanol–water partition coefficient (Wildman–Crippen LogP) is 5.05. The molecule has 1 N–H and O–H groups in total. The summed E-state index contributed by atoms with van der Waals surface area (Å²) in [6.45, 7) is 2.10. The van der Waals surface area contributed by atoms with Gasteiger partial charge in [0.2, 0.25) is 11.9 Å². The van der Waals surface area contributed by atoms with Crippen molar-refractivity contribution >= 4 is 39.0 Å². The smallest absolute Gasteiger partial charge is 0.256 e. The van der Waals surface area contributed by atoms with Crippen LogP contribution in [0.15, 0.2) is 58.4 Å². The van der Waals surface area contributed by atoms with Crippen LogP contribution >= 0.6 is 27.3 Å². The fraction of sp³-hybridized carbons (Fsp3) is 0.0952. The summed E-state index contributed by atoms with van der Waals surface area (Å²) < 4.78 is 13.3. The van der Waals surface area contributed by atoms with E-state index in [-0.39, 0.29) is 12.7 Å². The normalized spacial score (nSPS) is 12.2. The lowest BCUT2D eigenvalue weighted by molar-refractivity contribution is 0.102. The fourth-order valence-electron chi connectivity index (χ4n) is 3.10. The highest BCUT2D eigenvalue weighted by Gasteiger charge is 2.18. The SMILES string of the molecule is Cc1cc(NC(=O)c2cccc(Br)c2)n(-c2nc(-c3ccc4c(c3)OCO4)cs2)n1. The lowest BCUT2D eigenvalue weighted by atomic mass is 10.1. The van der Waals surface area contributed by atoms with Crippen LogP contribution in [0.2, 0.25) is 0 Å². The molecule has 4 aromatic rings. The first-order chi connectivity index (χ1) is 14.6. The lowest BCUT2D eigenvalue weighted by Gasteiger charge is -2.07. The van der Waals surface area contributed by atoms with Gasteiger partial charge in [0.25, 0.3) is 5.91 Å². The number of halogens is 1. The number of ether oxygens (including phenoxy) is 2. The third-order valence-electron chi connectivity index (χ3n) is 4.50. The molecule has 0 saturated heterocycles. The Morgan fingerprint density at radius 2 is 2.03 bits per heavy atom. The zero-order chi connectivity index (χ0) is 20.7. The molecule has 2 aromatic heterocycles. The minimum atomic E-state index is -0.218. The molecule has 0 unspecified atom stereocenters. The first-order valence-electron chi connectivity index (χ1n) is 9.06. The molecule has 7 nitrogen and oxygen atoms in total. The number of thiazole rings is 1. The first kappa shape index (κ1) is 18.8. The minimum Gasteiger partial charge on any atom is -0.454 e. The molecule has 0 spiro atoms. The van der Waals surface area contributed by atoms with Crippen LogP contribution in [0.4, 0.5) is 5.82 Å². The van der Waals surface area contributed by atoms with Gasteiger partial charge in [-0.1, -0.05) is 22.0 Å². The summed E-state index contributed by atoms with van der Waals surface area (Å²) in [7, 11) is 0. The van der Waals surface area contributed by atoms with Crippen molar-refractivity contribution in [2.75, 3.05) is 12.1 Å². The maximum Gasteiger partial charge on any atom is 0.256 e. The summed E-state index contributed by atoms with van der Waals surface area (Å²) in [6, 6.07) is 14.8. The number of hydrogen-bond acceptors (Lipinski definition) is 6. The number of anilines is 1. The summed E-state index contributed by atoms with van der Waals surface area (Å²) in [5.74, 6) is 1.78. The summed E-state index contributed by atoms with van der Waals surface area (Å²) in [5.41, 5.74) is 3.05. The number of carbonyl (C=O) groups excluding carboxylic acids is 1. The topological polar surface area (TPSA) is 78.3 Å². The van der Waals surface area contributed by atoms with Crippen molar-refractivity contribution in [3.63, 3.8) is 0 Å². The number of amides is 1. The van der Waals surface area contributed by atoms with Gasteiger partial charge >= 0.3 is 0 Å². The molecule has 9 heteroatoms. The van der Waals surface area contributed by atoms with Crippen LogP contribution in [0.3, 0.4) is 0 Å². The quantitative estimate of drug-likeness (QED) is 0.440. The zero-order valence-corrected chi connectivity index (χ0v) is 18.2. The lowest BCUT2D eigenvalue weighted by Crippen LogP contribution is -2.15. The van der Waals surface area contributed by atoms with Gasteiger partial charge in [-0.2, -0.15) is 9.78 Å². The third kappa shape index (κ3) is 3.57. The molecule has 0 saturated carbocycles. The molecule has 1 aliphatic heterocycles. The van der Waals surface area contributed by atoms with Gasteiger partial charge in [0.1, 0.15) is 5.82 Å². The molecule has 2 aromatic carbocycles. The molecule has 1 amide bonds. The van der Waals surface area contributed by atoms with E-state index in [0.717, 1.165) is 27.2 Å². The maximum absolute atomic E-state index is 12.7. The van der Waals surface area contributed by atoms with E-state index in [2.05, 4.69) is 26.3 Å². The van der Waals surface area contributed by atoms with E-state index < -0.39 is 0 Å². The van der Waals surface area contributed by atoms with E-state index in [9.17, 15) is 4.79 Å². The summed E-state index contributed by atoms with van der Waals surface area (Å²) >= 11 is 4.83. The Labute approximate surface area is 184 Å². The zero-order valence-electron chi connectivity index (χ0n) is 15.8. The second kappa shape index (κ2) is 7.58. The number of aryl methyl sites for hydroxylation is 1. The van der Waals surface area contributed by atoms with Crippen molar-refractivity contribution < 1.29 is 14.3 Å². The second-order valence-electron chi connectivity index (χ2n) is 6.63. The molecule has 150 valence electrons. The molecule has 0 aliphatic carbocycles. The Morgan fingerprint density at radius 1 is 1.17 bits per heavy atom. The van der Waals surface area contributed by atoms with Crippen molar-refractivity contribution in [3.8, 4) is 27.9 Å². The molecule has 30 heavy (non-hydrogen) atoms. The molecule has 0 atom stereocenters. The maximum atomic E-state index is 12.7. The number of benzene rings is 2. The van der Waals surface area contributed by atoms with Crippen LogP contribution in [-0.4, -0.2) is 27.5 Å².